The van der Waals surface area contributed by atoms with Crippen LogP contribution >= 0.6 is 0 Å². The number of nitrogens with two attached hydrogens (primary N) is 1. The highest BCUT2D eigenvalue weighted by molar-refractivity contribution is 6.09. The van der Waals surface area contributed by atoms with Gasteiger partial charge in [-0.2, -0.15) is 5.26 Å². The van der Waals surface area contributed by atoms with E-state index in [1.807, 2.05) is 13.0 Å². The Labute approximate surface area is 123 Å². The summed E-state index contributed by atoms with van der Waals surface area (Å²) in [5.74, 6) is 5.23. The summed E-state index contributed by atoms with van der Waals surface area (Å²) >= 11 is 0. The molecule has 0 aliphatic carbocycles. The lowest BCUT2D eigenvalue weighted by atomic mass is 10.1. The number of rotatable bonds is 3. The Kier molecular flexibility index (Phi) is 4.21. The maximum Gasteiger partial charge on any atom is 0.260 e. The Bertz CT molecular complexity index is 718. The highest BCUT2D eigenvalue weighted by atomic mass is 16.2. The topological polar surface area (TPSA) is 82.2 Å². The number of nitrogen functional groups attached to an aromatic ring is 1. The Morgan fingerprint density at radius 3 is 2.67 bits per heavy atom. The number of carbonyl (C=O) groups is 1. The molecule has 0 fully saturated rings. The fourth-order valence-corrected chi connectivity index (χ4v) is 2.11. The van der Waals surface area contributed by atoms with E-state index in [0.717, 1.165) is 5.56 Å². The lowest BCUT2D eigenvalue weighted by Gasteiger charge is -2.20. The van der Waals surface area contributed by atoms with Gasteiger partial charge in [-0.05, 0) is 31.2 Å². The number of anilines is 2. The van der Waals surface area contributed by atoms with Crippen LogP contribution < -0.4 is 16.2 Å². The maximum absolute atomic E-state index is 12.7. The first-order chi connectivity index (χ1) is 10.1. The maximum atomic E-state index is 12.7. The molecular weight excluding hydrogens is 264 g/mol. The van der Waals surface area contributed by atoms with Crippen LogP contribution in [0, 0.1) is 18.3 Å². The van der Waals surface area contributed by atoms with Gasteiger partial charge in [-0.15, -0.1) is 0 Å². The van der Waals surface area contributed by atoms with Crippen LogP contribution in [0.15, 0.2) is 42.5 Å². The molecule has 0 spiro atoms. The van der Waals surface area contributed by atoms with Gasteiger partial charge in [0.15, 0.2) is 0 Å². The van der Waals surface area contributed by atoms with E-state index in [0.29, 0.717) is 22.5 Å². The minimum atomic E-state index is -0.227. The zero-order valence-corrected chi connectivity index (χ0v) is 11.9. The molecule has 0 aliphatic heterocycles. The lowest BCUT2D eigenvalue weighted by Crippen LogP contribution is -2.28. The summed E-state index contributed by atoms with van der Waals surface area (Å²) in [6.45, 7) is 1.90. The van der Waals surface area contributed by atoms with Crippen molar-refractivity contribution in [3.8, 4) is 6.07 Å². The summed E-state index contributed by atoms with van der Waals surface area (Å²) in [5, 5.41) is 9.14. The van der Waals surface area contributed by atoms with Crippen molar-refractivity contribution in [2.75, 3.05) is 17.4 Å². The van der Waals surface area contributed by atoms with Gasteiger partial charge < -0.3 is 10.3 Å². The molecule has 2 aromatic rings. The van der Waals surface area contributed by atoms with E-state index in [9.17, 15) is 4.79 Å². The number of nitriles is 1. The fourth-order valence-electron chi connectivity index (χ4n) is 2.11. The van der Waals surface area contributed by atoms with Gasteiger partial charge >= 0.3 is 0 Å². The third-order valence-corrected chi connectivity index (χ3v) is 3.25. The molecule has 2 aromatic carbocycles. The van der Waals surface area contributed by atoms with Crippen LogP contribution in [-0.2, 0) is 0 Å². The molecule has 0 heterocycles. The van der Waals surface area contributed by atoms with E-state index in [1.165, 1.54) is 4.90 Å². The summed E-state index contributed by atoms with van der Waals surface area (Å²) in [6.07, 6.45) is 0. The van der Waals surface area contributed by atoms with Crippen molar-refractivity contribution in [3.05, 3.63) is 59.2 Å². The van der Waals surface area contributed by atoms with Crippen molar-refractivity contribution in [2.24, 2.45) is 5.84 Å². The smallest absolute Gasteiger partial charge is 0.260 e. The molecule has 106 valence electrons. The van der Waals surface area contributed by atoms with Crippen LogP contribution in [0.2, 0.25) is 0 Å². The molecular formula is C16H16N4O. The van der Waals surface area contributed by atoms with Gasteiger partial charge in [0.05, 0.1) is 22.5 Å². The highest BCUT2D eigenvalue weighted by Crippen LogP contribution is 2.23. The molecule has 0 aromatic heterocycles. The van der Waals surface area contributed by atoms with Gasteiger partial charge in [-0.3, -0.25) is 10.6 Å². The number of carbonyl (C=O) groups excluding carboxylic acids is 1. The molecule has 0 radical (unpaired) electrons. The van der Waals surface area contributed by atoms with Crippen molar-refractivity contribution in [1.29, 1.82) is 5.26 Å². The van der Waals surface area contributed by atoms with Gasteiger partial charge in [0.2, 0.25) is 0 Å². The summed E-state index contributed by atoms with van der Waals surface area (Å²) in [5.41, 5.74) is 5.51. The molecule has 5 heteroatoms. The first-order valence-corrected chi connectivity index (χ1v) is 6.43. The first-order valence-electron chi connectivity index (χ1n) is 6.43. The van der Waals surface area contributed by atoms with Gasteiger partial charge in [0.25, 0.3) is 5.91 Å². The average molecular weight is 280 g/mol. The zero-order valence-electron chi connectivity index (χ0n) is 11.9. The molecule has 0 bridgehead atoms. The number of hydrogen-bond donors (Lipinski definition) is 2. The van der Waals surface area contributed by atoms with Gasteiger partial charge in [-0.25, -0.2) is 0 Å². The van der Waals surface area contributed by atoms with Crippen molar-refractivity contribution < 1.29 is 4.79 Å². The Hall–Kier alpha value is -2.84. The number of amides is 1. The lowest BCUT2D eigenvalue weighted by molar-refractivity contribution is 0.0993. The SMILES string of the molecule is Cc1ccc(NN)c(C(=O)N(C)c2ccccc2C#N)c1. The molecule has 0 saturated heterocycles. The Morgan fingerprint density at radius 2 is 2.00 bits per heavy atom. The third kappa shape index (κ3) is 2.86. The number of aryl methyl sites for hydroxylation is 1. The van der Waals surface area contributed by atoms with Crippen molar-refractivity contribution >= 4 is 17.3 Å². The largest absolute Gasteiger partial charge is 0.323 e. The molecule has 2 rings (SSSR count). The van der Waals surface area contributed by atoms with Gasteiger partial charge in [0, 0.05) is 7.05 Å². The van der Waals surface area contributed by atoms with E-state index in [4.69, 9.17) is 11.1 Å². The van der Waals surface area contributed by atoms with Gasteiger partial charge in [0.1, 0.15) is 6.07 Å². The number of benzene rings is 2. The summed E-state index contributed by atoms with van der Waals surface area (Å²) in [7, 11) is 1.64. The Morgan fingerprint density at radius 1 is 1.29 bits per heavy atom. The third-order valence-electron chi connectivity index (χ3n) is 3.25. The van der Waals surface area contributed by atoms with Crippen molar-refractivity contribution in [3.63, 3.8) is 0 Å². The molecule has 21 heavy (non-hydrogen) atoms. The van der Waals surface area contributed by atoms with Crippen LogP contribution in [0.3, 0.4) is 0 Å². The minimum Gasteiger partial charge on any atom is -0.323 e. The quantitative estimate of drug-likeness (QED) is 0.668. The summed E-state index contributed by atoms with van der Waals surface area (Å²) in [4.78, 5) is 14.1. The number of hydrogen-bond acceptors (Lipinski definition) is 4. The highest BCUT2D eigenvalue weighted by Gasteiger charge is 2.19. The predicted octanol–water partition coefficient (Wildman–Crippen LogP) is 2.43. The number of nitrogens with one attached hydrogen (secondary N) is 1. The van der Waals surface area contributed by atoms with E-state index < -0.39 is 0 Å². The van der Waals surface area contributed by atoms with E-state index in [-0.39, 0.29) is 5.91 Å². The molecule has 3 N–H and O–H groups in total. The molecule has 1 amide bonds. The number of para-hydroxylation sites is 1. The molecule has 0 aliphatic rings. The van der Waals surface area contributed by atoms with E-state index in [2.05, 4.69) is 11.5 Å². The van der Waals surface area contributed by atoms with Crippen molar-refractivity contribution in [1.82, 2.24) is 0 Å². The Balaban J connectivity index is 2.45. The fraction of sp³-hybridized carbons (Fsp3) is 0.125. The predicted molar refractivity (Wildman–Crippen MR) is 82.9 cm³/mol. The molecule has 0 unspecified atom stereocenters. The minimum absolute atomic E-state index is 0.227. The monoisotopic (exact) mass is 280 g/mol. The van der Waals surface area contributed by atoms with Crippen LogP contribution in [0.1, 0.15) is 21.5 Å². The first kappa shape index (κ1) is 14.6. The molecule has 0 atom stereocenters. The summed E-state index contributed by atoms with van der Waals surface area (Å²) in [6, 6.07) is 14.5. The van der Waals surface area contributed by atoms with E-state index >= 15 is 0 Å². The molecule has 0 saturated carbocycles. The zero-order chi connectivity index (χ0) is 15.4. The number of hydrazine groups is 1. The van der Waals surface area contributed by atoms with Crippen LogP contribution in [0.5, 0.6) is 0 Å². The average Bonchev–Trinajstić information content (AvgIpc) is 2.53. The molecule has 5 nitrogen and oxygen atoms in total. The number of nitrogens with zero attached hydrogens (tertiary/aromatic N) is 2. The standard InChI is InChI=1S/C16H16N4O/c1-11-7-8-14(19-18)13(9-11)16(21)20(2)15-6-4-3-5-12(15)10-17/h3-9,19H,18H2,1-2H3. The van der Waals surface area contributed by atoms with Crippen LogP contribution in [0.25, 0.3) is 0 Å². The van der Waals surface area contributed by atoms with E-state index in [1.54, 1.807) is 43.4 Å². The van der Waals surface area contributed by atoms with Crippen LogP contribution in [0.4, 0.5) is 11.4 Å². The van der Waals surface area contributed by atoms with Crippen molar-refractivity contribution in [2.45, 2.75) is 6.92 Å². The van der Waals surface area contributed by atoms with Gasteiger partial charge in [-0.1, -0.05) is 23.8 Å². The second-order valence-electron chi connectivity index (χ2n) is 4.69. The second kappa shape index (κ2) is 6.07. The second-order valence-corrected chi connectivity index (χ2v) is 4.69. The van der Waals surface area contributed by atoms with Crippen LogP contribution in [-0.4, -0.2) is 13.0 Å². The summed E-state index contributed by atoms with van der Waals surface area (Å²) < 4.78 is 0. The normalized spacial score (nSPS) is 9.81.